The van der Waals surface area contributed by atoms with Gasteiger partial charge in [-0.1, -0.05) is 36.9 Å². The zero-order valence-corrected chi connectivity index (χ0v) is 8.84. The molecule has 2 N–H and O–H groups in total. The lowest BCUT2D eigenvalue weighted by molar-refractivity contribution is 0.675. The molecule has 74 valence electrons. The molecular weight excluding hydrogens is 194 g/mol. The minimum absolute atomic E-state index is 0.336. The van der Waals surface area contributed by atoms with Crippen molar-refractivity contribution in [2.75, 3.05) is 5.01 Å². The Balaban J connectivity index is 2.17. The number of hydrogen-bond donors (Lipinski definition) is 2. The molecule has 0 spiro atoms. The Labute approximate surface area is 88.0 Å². The van der Waals surface area contributed by atoms with E-state index in [0.29, 0.717) is 10.5 Å². The Hall–Kier alpha value is -1.000. The van der Waals surface area contributed by atoms with Gasteiger partial charge in [0.05, 0.1) is 11.1 Å². The van der Waals surface area contributed by atoms with E-state index < -0.39 is 0 Å². The summed E-state index contributed by atoms with van der Waals surface area (Å²) in [5.41, 5.74) is 4.31. The summed E-state index contributed by atoms with van der Waals surface area (Å²) in [7, 11) is 0. The molecule has 1 saturated heterocycles. The third-order valence-corrected chi connectivity index (χ3v) is 3.24. The topological polar surface area (TPSA) is 39.1 Å². The van der Waals surface area contributed by atoms with Gasteiger partial charge in [0.15, 0.2) is 5.17 Å². The molecule has 2 rings (SSSR count). The fourth-order valence-electron chi connectivity index (χ4n) is 1.36. The molecular formula is C10H13N3S. The smallest absolute Gasteiger partial charge is 0.177 e. The highest BCUT2D eigenvalue weighted by Crippen LogP contribution is 2.26. The highest BCUT2D eigenvalue weighted by Gasteiger charge is 2.26. The number of amidine groups is 1. The number of hydrogen-bond acceptors (Lipinski definition) is 3. The first-order valence-electron chi connectivity index (χ1n) is 4.68. The second-order valence-electron chi connectivity index (χ2n) is 3.12. The van der Waals surface area contributed by atoms with Gasteiger partial charge in [-0.15, -0.1) is 0 Å². The average molecular weight is 207 g/mol. The maximum atomic E-state index is 7.80. The Morgan fingerprint density at radius 1 is 1.43 bits per heavy atom. The number of thioether (sulfide) groups is 1. The van der Waals surface area contributed by atoms with Gasteiger partial charge in [0, 0.05) is 0 Å². The second kappa shape index (κ2) is 4.02. The maximum Gasteiger partial charge on any atom is 0.177 e. The van der Waals surface area contributed by atoms with E-state index in [4.69, 9.17) is 5.41 Å². The molecule has 14 heavy (non-hydrogen) atoms. The summed E-state index contributed by atoms with van der Waals surface area (Å²) in [5, 5.41) is 10.5. The molecule has 1 heterocycles. The summed E-state index contributed by atoms with van der Waals surface area (Å²) in [6.07, 6.45) is 1.02. The first kappa shape index (κ1) is 9.55. The normalized spacial score (nSPS) is 21.6. The monoisotopic (exact) mass is 207 g/mol. The van der Waals surface area contributed by atoms with Crippen LogP contribution in [0.5, 0.6) is 0 Å². The van der Waals surface area contributed by atoms with E-state index in [0.717, 1.165) is 12.1 Å². The fraction of sp³-hybridized carbons (Fsp3) is 0.300. The predicted octanol–water partition coefficient (Wildman–Crippen LogP) is 2.42. The third-order valence-electron chi connectivity index (χ3n) is 2.12. The largest absolute Gasteiger partial charge is 0.277 e. The van der Waals surface area contributed by atoms with E-state index in [1.165, 1.54) is 0 Å². The molecule has 4 heteroatoms. The summed E-state index contributed by atoms with van der Waals surface area (Å²) in [6.45, 7) is 2.12. The number of hydrazine groups is 1. The Bertz CT molecular complexity index is 325. The first-order valence-corrected chi connectivity index (χ1v) is 5.56. The highest BCUT2D eigenvalue weighted by molar-refractivity contribution is 8.14. The summed E-state index contributed by atoms with van der Waals surface area (Å²) >= 11 is 1.57. The SMILES string of the molecule is CCC1NN(c2ccccc2)C(=N)S1. The molecule has 1 aromatic rings. The van der Waals surface area contributed by atoms with Gasteiger partial charge in [-0.3, -0.25) is 10.4 Å². The van der Waals surface area contributed by atoms with E-state index >= 15 is 0 Å². The minimum Gasteiger partial charge on any atom is -0.277 e. The molecule has 3 nitrogen and oxygen atoms in total. The van der Waals surface area contributed by atoms with Crippen LogP contribution in [0.1, 0.15) is 13.3 Å². The lowest BCUT2D eigenvalue weighted by Crippen LogP contribution is -2.37. The van der Waals surface area contributed by atoms with Crippen molar-refractivity contribution in [1.82, 2.24) is 5.43 Å². The van der Waals surface area contributed by atoms with Crippen LogP contribution in [-0.2, 0) is 0 Å². The van der Waals surface area contributed by atoms with Gasteiger partial charge in [-0.25, -0.2) is 5.43 Å². The van der Waals surface area contributed by atoms with Gasteiger partial charge in [-0.05, 0) is 18.6 Å². The van der Waals surface area contributed by atoms with Crippen LogP contribution in [0.4, 0.5) is 5.69 Å². The quantitative estimate of drug-likeness (QED) is 0.782. The zero-order valence-electron chi connectivity index (χ0n) is 8.03. The molecule has 0 aromatic heterocycles. The molecule has 1 aromatic carbocycles. The number of para-hydroxylation sites is 1. The average Bonchev–Trinajstić information content (AvgIpc) is 2.61. The second-order valence-corrected chi connectivity index (χ2v) is 4.31. The van der Waals surface area contributed by atoms with Gasteiger partial charge < -0.3 is 0 Å². The molecule has 1 aliphatic rings. The Morgan fingerprint density at radius 2 is 2.14 bits per heavy atom. The number of benzene rings is 1. The van der Waals surface area contributed by atoms with Crippen LogP contribution in [0.15, 0.2) is 30.3 Å². The van der Waals surface area contributed by atoms with Crippen LogP contribution in [0, 0.1) is 5.41 Å². The summed E-state index contributed by atoms with van der Waals surface area (Å²) in [6, 6.07) is 9.94. The van der Waals surface area contributed by atoms with Crippen molar-refractivity contribution in [1.29, 1.82) is 5.41 Å². The highest BCUT2D eigenvalue weighted by atomic mass is 32.2. The van der Waals surface area contributed by atoms with Crippen molar-refractivity contribution in [3.05, 3.63) is 30.3 Å². The Morgan fingerprint density at radius 3 is 2.71 bits per heavy atom. The molecule has 1 unspecified atom stereocenters. The number of nitrogens with zero attached hydrogens (tertiary/aromatic N) is 1. The van der Waals surface area contributed by atoms with Crippen LogP contribution in [-0.4, -0.2) is 10.5 Å². The van der Waals surface area contributed by atoms with Crippen molar-refractivity contribution in [2.45, 2.75) is 18.7 Å². The molecule has 1 aliphatic heterocycles. The van der Waals surface area contributed by atoms with Crippen molar-refractivity contribution >= 4 is 22.6 Å². The number of rotatable bonds is 2. The van der Waals surface area contributed by atoms with E-state index in [1.54, 1.807) is 11.8 Å². The van der Waals surface area contributed by atoms with E-state index in [1.807, 2.05) is 35.3 Å². The van der Waals surface area contributed by atoms with Gasteiger partial charge in [0.1, 0.15) is 0 Å². The van der Waals surface area contributed by atoms with Gasteiger partial charge in [0.25, 0.3) is 0 Å². The maximum absolute atomic E-state index is 7.80. The van der Waals surface area contributed by atoms with Crippen LogP contribution >= 0.6 is 11.8 Å². The van der Waals surface area contributed by atoms with Crippen molar-refractivity contribution in [3.8, 4) is 0 Å². The lowest BCUT2D eigenvalue weighted by Gasteiger charge is -2.17. The van der Waals surface area contributed by atoms with Crippen molar-refractivity contribution in [3.63, 3.8) is 0 Å². The van der Waals surface area contributed by atoms with Crippen LogP contribution in [0.2, 0.25) is 0 Å². The molecule has 1 atom stereocenters. The van der Waals surface area contributed by atoms with Gasteiger partial charge >= 0.3 is 0 Å². The van der Waals surface area contributed by atoms with Crippen LogP contribution < -0.4 is 10.4 Å². The minimum atomic E-state index is 0.336. The molecule has 0 aliphatic carbocycles. The van der Waals surface area contributed by atoms with E-state index in [2.05, 4.69) is 12.3 Å². The molecule has 0 bridgehead atoms. The first-order chi connectivity index (χ1) is 6.81. The fourth-order valence-corrected chi connectivity index (χ4v) is 2.22. The summed E-state index contributed by atoms with van der Waals surface area (Å²) in [5.74, 6) is 0. The van der Waals surface area contributed by atoms with Gasteiger partial charge in [-0.2, -0.15) is 0 Å². The zero-order chi connectivity index (χ0) is 9.97. The molecule has 1 fully saturated rings. The van der Waals surface area contributed by atoms with Crippen LogP contribution in [0.3, 0.4) is 0 Å². The number of anilines is 1. The number of nitrogens with one attached hydrogen (secondary N) is 2. The Kier molecular flexibility index (Phi) is 2.74. The van der Waals surface area contributed by atoms with E-state index in [9.17, 15) is 0 Å². The third kappa shape index (κ3) is 1.76. The molecule has 0 saturated carbocycles. The summed E-state index contributed by atoms with van der Waals surface area (Å²) < 4.78 is 0. The van der Waals surface area contributed by atoms with Gasteiger partial charge in [0.2, 0.25) is 0 Å². The standard InChI is InChI=1S/C10H13N3S/c1-2-9-12-13(10(11)14-9)8-6-4-3-5-7-8/h3-7,9,11-12H,2H2,1H3. The molecule has 0 amide bonds. The van der Waals surface area contributed by atoms with Crippen molar-refractivity contribution in [2.24, 2.45) is 0 Å². The van der Waals surface area contributed by atoms with E-state index in [-0.39, 0.29) is 0 Å². The lowest BCUT2D eigenvalue weighted by atomic mass is 10.3. The summed E-state index contributed by atoms with van der Waals surface area (Å²) in [4.78, 5) is 0. The van der Waals surface area contributed by atoms with Crippen LogP contribution in [0.25, 0.3) is 0 Å². The predicted molar refractivity (Wildman–Crippen MR) is 61.5 cm³/mol. The molecule has 0 radical (unpaired) electrons. The van der Waals surface area contributed by atoms with Crippen molar-refractivity contribution < 1.29 is 0 Å².